The third kappa shape index (κ3) is 3.22. The highest BCUT2D eigenvalue weighted by molar-refractivity contribution is 5.83. The van der Waals surface area contributed by atoms with Gasteiger partial charge in [0.25, 0.3) is 0 Å². The Kier molecular flexibility index (Phi) is 4.21. The maximum Gasteiger partial charge on any atom is 0.410 e. The molecule has 0 aromatic heterocycles. The number of fused-ring (bicyclic) bond motifs is 2. The van der Waals surface area contributed by atoms with Gasteiger partial charge in [0.2, 0.25) is 0 Å². The van der Waals surface area contributed by atoms with Crippen LogP contribution in [0.4, 0.5) is 4.79 Å². The van der Waals surface area contributed by atoms with Gasteiger partial charge in [-0.05, 0) is 46.5 Å². The van der Waals surface area contributed by atoms with Crippen LogP contribution in [0.15, 0.2) is 12.7 Å². The number of rotatable bonds is 3. The van der Waals surface area contributed by atoms with Crippen molar-refractivity contribution < 1.29 is 14.3 Å². The molecule has 0 N–H and O–H groups in total. The molecular weight excluding hydrogens is 254 g/mol. The van der Waals surface area contributed by atoms with E-state index in [0.29, 0.717) is 6.42 Å². The number of carbonyl (C=O) groups is 2. The lowest BCUT2D eigenvalue weighted by atomic mass is 9.86. The van der Waals surface area contributed by atoms with Crippen molar-refractivity contribution in [2.45, 2.75) is 70.6 Å². The molecule has 2 aliphatic heterocycles. The maximum absolute atomic E-state index is 12.3. The quantitative estimate of drug-likeness (QED) is 0.745. The second-order valence-corrected chi connectivity index (χ2v) is 6.90. The van der Waals surface area contributed by atoms with Gasteiger partial charge in [-0.25, -0.2) is 4.79 Å². The summed E-state index contributed by atoms with van der Waals surface area (Å²) in [6.45, 7) is 9.27. The van der Waals surface area contributed by atoms with Gasteiger partial charge >= 0.3 is 6.09 Å². The summed E-state index contributed by atoms with van der Waals surface area (Å²) in [7, 11) is 0. The molecule has 20 heavy (non-hydrogen) atoms. The Labute approximate surface area is 121 Å². The Hall–Kier alpha value is -1.32. The minimum Gasteiger partial charge on any atom is -0.444 e. The number of hydrogen-bond donors (Lipinski definition) is 0. The second kappa shape index (κ2) is 5.58. The monoisotopic (exact) mass is 279 g/mol. The van der Waals surface area contributed by atoms with Crippen LogP contribution >= 0.6 is 0 Å². The molecule has 4 nitrogen and oxygen atoms in total. The molecule has 2 heterocycles. The van der Waals surface area contributed by atoms with Crippen molar-refractivity contribution in [3.05, 3.63) is 12.7 Å². The van der Waals surface area contributed by atoms with Gasteiger partial charge in [0.15, 0.2) is 0 Å². The lowest BCUT2D eigenvalue weighted by molar-refractivity contribution is -0.124. The third-order valence-electron chi connectivity index (χ3n) is 4.14. The first-order valence-corrected chi connectivity index (χ1v) is 7.46. The van der Waals surface area contributed by atoms with E-state index >= 15 is 0 Å². The van der Waals surface area contributed by atoms with Crippen LogP contribution in [-0.2, 0) is 9.53 Å². The molecule has 2 fully saturated rings. The van der Waals surface area contributed by atoms with Crippen LogP contribution in [0.25, 0.3) is 0 Å². The fourth-order valence-electron chi connectivity index (χ4n) is 3.36. The summed E-state index contributed by atoms with van der Waals surface area (Å²) < 4.78 is 5.49. The number of hydrogen-bond acceptors (Lipinski definition) is 3. The molecule has 0 aliphatic carbocycles. The van der Waals surface area contributed by atoms with Gasteiger partial charge < -0.3 is 9.64 Å². The Morgan fingerprint density at radius 1 is 1.25 bits per heavy atom. The third-order valence-corrected chi connectivity index (χ3v) is 4.14. The molecule has 1 amide bonds. The molecule has 4 heteroatoms. The molecule has 0 radical (unpaired) electrons. The average Bonchev–Trinajstić information content (AvgIpc) is 2.58. The minimum atomic E-state index is -0.466. The van der Waals surface area contributed by atoms with Crippen molar-refractivity contribution in [1.82, 2.24) is 4.90 Å². The molecule has 2 aliphatic rings. The summed E-state index contributed by atoms with van der Waals surface area (Å²) in [5.74, 6) is 0.352. The standard InChI is InChI=1S/C16H25NO3/c1-5-6-14(18)11-9-12-7-8-13(10-11)17(12)15(19)20-16(2,3)4/h5,11-13H,1,6-10H2,2-4H3. The van der Waals surface area contributed by atoms with Crippen LogP contribution in [0.3, 0.4) is 0 Å². The first kappa shape index (κ1) is 15.1. The van der Waals surface area contributed by atoms with Crippen molar-refractivity contribution in [2.75, 3.05) is 0 Å². The zero-order chi connectivity index (χ0) is 14.9. The first-order valence-electron chi connectivity index (χ1n) is 7.46. The smallest absolute Gasteiger partial charge is 0.410 e. The zero-order valence-electron chi connectivity index (χ0n) is 12.7. The van der Waals surface area contributed by atoms with E-state index in [1.54, 1.807) is 6.08 Å². The minimum absolute atomic E-state index is 0.0872. The zero-order valence-corrected chi connectivity index (χ0v) is 12.7. The van der Waals surface area contributed by atoms with Crippen molar-refractivity contribution in [3.63, 3.8) is 0 Å². The van der Waals surface area contributed by atoms with Crippen molar-refractivity contribution in [2.24, 2.45) is 5.92 Å². The SMILES string of the molecule is C=CCC(=O)C1CC2CCC(C1)N2C(=O)OC(C)(C)C. The van der Waals surface area contributed by atoms with Crippen LogP contribution in [0.5, 0.6) is 0 Å². The summed E-state index contributed by atoms with van der Waals surface area (Å²) >= 11 is 0. The molecule has 0 aromatic rings. The molecule has 0 spiro atoms. The molecule has 0 aromatic carbocycles. The highest BCUT2D eigenvalue weighted by Gasteiger charge is 2.46. The van der Waals surface area contributed by atoms with E-state index < -0.39 is 5.60 Å². The number of carbonyl (C=O) groups excluding carboxylic acids is 2. The summed E-state index contributed by atoms with van der Waals surface area (Å²) in [6.07, 6.45) is 5.43. The van der Waals surface area contributed by atoms with Gasteiger partial charge in [-0.2, -0.15) is 0 Å². The topological polar surface area (TPSA) is 46.6 Å². The van der Waals surface area contributed by atoms with Crippen LogP contribution in [0, 0.1) is 5.92 Å². The number of ketones is 1. The predicted octanol–water partition coefficient (Wildman–Crippen LogP) is 3.31. The summed E-state index contributed by atoms with van der Waals surface area (Å²) in [5.41, 5.74) is -0.466. The number of ether oxygens (including phenoxy) is 1. The van der Waals surface area contributed by atoms with E-state index in [-0.39, 0.29) is 29.9 Å². The number of allylic oxidation sites excluding steroid dienone is 1. The molecular formula is C16H25NO3. The van der Waals surface area contributed by atoms with E-state index in [1.807, 2.05) is 25.7 Å². The Morgan fingerprint density at radius 2 is 1.80 bits per heavy atom. The fraction of sp³-hybridized carbons (Fsp3) is 0.750. The normalized spacial score (nSPS) is 29.1. The molecule has 2 saturated heterocycles. The summed E-state index contributed by atoms with van der Waals surface area (Å²) in [5, 5.41) is 0. The van der Waals surface area contributed by atoms with Gasteiger partial charge in [-0.15, -0.1) is 6.58 Å². The Balaban J connectivity index is 2.02. The van der Waals surface area contributed by atoms with Gasteiger partial charge in [0.1, 0.15) is 11.4 Å². The van der Waals surface area contributed by atoms with Crippen LogP contribution in [0.2, 0.25) is 0 Å². The summed E-state index contributed by atoms with van der Waals surface area (Å²) in [6, 6.07) is 0.338. The van der Waals surface area contributed by atoms with Crippen molar-refractivity contribution >= 4 is 11.9 Å². The van der Waals surface area contributed by atoms with Gasteiger partial charge in [-0.1, -0.05) is 6.08 Å². The number of piperidine rings is 1. The molecule has 2 bridgehead atoms. The molecule has 2 rings (SSSR count). The highest BCUT2D eigenvalue weighted by atomic mass is 16.6. The van der Waals surface area contributed by atoms with Crippen LogP contribution in [0.1, 0.15) is 52.9 Å². The Bertz CT molecular complexity index is 396. The van der Waals surface area contributed by atoms with Gasteiger partial charge in [0.05, 0.1) is 0 Å². The van der Waals surface area contributed by atoms with E-state index in [4.69, 9.17) is 4.74 Å². The van der Waals surface area contributed by atoms with Gasteiger partial charge in [-0.3, -0.25) is 4.79 Å². The fourth-order valence-corrected chi connectivity index (χ4v) is 3.36. The first-order chi connectivity index (χ1) is 9.31. The summed E-state index contributed by atoms with van der Waals surface area (Å²) in [4.78, 5) is 26.2. The van der Waals surface area contributed by atoms with E-state index in [1.165, 1.54) is 0 Å². The lowest BCUT2D eigenvalue weighted by Gasteiger charge is -2.39. The average molecular weight is 279 g/mol. The number of Topliss-reactive ketones (excluding diaryl/α,β-unsaturated/α-hetero) is 1. The van der Waals surface area contributed by atoms with Crippen LogP contribution in [-0.4, -0.2) is 34.5 Å². The van der Waals surface area contributed by atoms with Crippen LogP contribution < -0.4 is 0 Å². The lowest BCUT2D eigenvalue weighted by Crippen LogP contribution is -2.49. The predicted molar refractivity (Wildman–Crippen MR) is 77.4 cm³/mol. The van der Waals surface area contributed by atoms with E-state index in [0.717, 1.165) is 25.7 Å². The van der Waals surface area contributed by atoms with E-state index in [2.05, 4.69) is 6.58 Å². The molecule has 0 saturated carbocycles. The maximum atomic E-state index is 12.3. The second-order valence-electron chi connectivity index (χ2n) is 6.90. The molecule has 2 atom stereocenters. The molecule has 2 unspecified atom stereocenters. The van der Waals surface area contributed by atoms with Crippen molar-refractivity contribution in [1.29, 1.82) is 0 Å². The van der Waals surface area contributed by atoms with Gasteiger partial charge in [0, 0.05) is 24.4 Å². The Morgan fingerprint density at radius 3 is 2.25 bits per heavy atom. The molecule has 112 valence electrons. The van der Waals surface area contributed by atoms with E-state index in [9.17, 15) is 9.59 Å². The number of nitrogens with zero attached hydrogens (tertiary/aromatic N) is 1. The highest BCUT2D eigenvalue weighted by Crippen LogP contribution is 2.40. The largest absolute Gasteiger partial charge is 0.444 e. The van der Waals surface area contributed by atoms with Crippen molar-refractivity contribution in [3.8, 4) is 0 Å². The number of amides is 1.